The summed E-state index contributed by atoms with van der Waals surface area (Å²) in [7, 11) is -3.79. The van der Waals surface area contributed by atoms with Crippen LogP contribution in [0.15, 0.2) is 53.4 Å². The van der Waals surface area contributed by atoms with Crippen molar-refractivity contribution >= 4 is 39.2 Å². The van der Waals surface area contributed by atoms with Crippen molar-refractivity contribution in [3.8, 4) is 0 Å². The van der Waals surface area contributed by atoms with Crippen LogP contribution in [0.2, 0.25) is 5.02 Å². The number of piperidine rings is 1. The summed E-state index contributed by atoms with van der Waals surface area (Å²) in [6.45, 7) is 3.52. The normalized spacial score (nSPS) is 17.1. The van der Waals surface area contributed by atoms with E-state index >= 15 is 0 Å². The first-order valence-electron chi connectivity index (χ1n) is 11.0. The number of benzene rings is 2. The van der Waals surface area contributed by atoms with E-state index in [1.807, 2.05) is 9.80 Å². The first-order chi connectivity index (χ1) is 15.8. The van der Waals surface area contributed by atoms with Crippen molar-refractivity contribution in [2.75, 3.05) is 44.0 Å². The van der Waals surface area contributed by atoms with Gasteiger partial charge in [0.05, 0.1) is 4.90 Å². The fourth-order valence-corrected chi connectivity index (χ4v) is 5.26. The number of hydrogen-bond acceptors (Lipinski definition) is 4. The van der Waals surface area contributed by atoms with Gasteiger partial charge in [-0.1, -0.05) is 11.6 Å². The highest BCUT2D eigenvalue weighted by Crippen LogP contribution is 2.20. The second-order valence-corrected chi connectivity index (χ2v) is 10.4. The molecule has 176 valence electrons. The number of sulfonamides is 1. The summed E-state index contributed by atoms with van der Waals surface area (Å²) in [6.07, 6.45) is 3.26. The Morgan fingerprint density at radius 1 is 0.727 bits per heavy atom. The lowest BCUT2D eigenvalue weighted by atomic mass is 10.1. The third-order valence-electron chi connectivity index (χ3n) is 5.97. The molecule has 2 saturated heterocycles. The van der Waals surface area contributed by atoms with Crippen molar-refractivity contribution in [1.29, 1.82) is 0 Å². The van der Waals surface area contributed by atoms with E-state index in [-0.39, 0.29) is 16.8 Å². The number of hydrogen-bond donors (Lipinski definition) is 1. The zero-order chi connectivity index (χ0) is 23.4. The Balaban J connectivity index is 1.34. The van der Waals surface area contributed by atoms with Crippen molar-refractivity contribution in [3.63, 3.8) is 0 Å². The van der Waals surface area contributed by atoms with E-state index in [1.165, 1.54) is 30.7 Å². The van der Waals surface area contributed by atoms with E-state index in [2.05, 4.69) is 4.72 Å². The maximum absolute atomic E-state index is 12.9. The van der Waals surface area contributed by atoms with E-state index in [4.69, 9.17) is 11.6 Å². The fraction of sp³-hybridized carbons (Fsp3) is 0.391. The largest absolute Gasteiger partial charge is 0.335 e. The van der Waals surface area contributed by atoms with E-state index in [0.29, 0.717) is 42.5 Å². The van der Waals surface area contributed by atoms with Crippen LogP contribution in [0, 0.1) is 0 Å². The predicted molar refractivity (Wildman–Crippen MR) is 127 cm³/mol. The van der Waals surface area contributed by atoms with Gasteiger partial charge >= 0.3 is 6.03 Å². The summed E-state index contributed by atoms with van der Waals surface area (Å²) in [4.78, 5) is 31.0. The number of nitrogens with one attached hydrogen (secondary N) is 1. The van der Waals surface area contributed by atoms with Crippen molar-refractivity contribution in [2.45, 2.75) is 24.2 Å². The van der Waals surface area contributed by atoms with Gasteiger partial charge in [0.2, 0.25) is 0 Å². The molecule has 0 radical (unpaired) electrons. The Morgan fingerprint density at radius 2 is 1.27 bits per heavy atom. The van der Waals surface area contributed by atoms with E-state index in [0.717, 1.165) is 25.9 Å². The molecule has 2 aliphatic heterocycles. The van der Waals surface area contributed by atoms with Crippen LogP contribution in [0.25, 0.3) is 0 Å². The van der Waals surface area contributed by atoms with E-state index < -0.39 is 10.0 Å². The number of carbonyl (C=O) groups is 2. The lowest BCUT2D eigenvalue weighted by molar-refractivity contribution is 0.0633. The number of urea groups is 1. The van der Waals surface area contributed by atoms with Crippen LogP contribution in [0.1, 0.15) is 29.6 Å². The Bertz CT molecular complexity index is 1090. The standard InChI is InChI=1S/C23H27ClN4O4S/c24-19-6-8-20(9-7-19)25-33(31,32)21-10-4-18(5-11-21)22(29)26-14-16-28(17-15-26)23(30)27-12-2-1-3-13-27/h4-11,25H,1-3,12-17H2. The van der Waals surface area contributed by atoms with Crippen LogP contribution in [0.5, 0.6) is 0 Å². The van der Waals surface area contributed by atoms with Gasteiger partial charge in [-0.15, -0.1) is 0 Å². The molecule has 2 fully saturated rings. The molecule has 0 spiro atoms. The van der Waals surface area contributed by atoms with Crippen LogP contribution in [-0.2, 0) is 10.0 Å². The quantitative estimate of drug-likeness (QED) is 0.710. The van der Waals surface area contributed by atoms with Crippen LogP contribution in [-0.4, -0.2) is 74.3 Å². The number of halogens is 1. The molecule has 0 atom stereocenters. The molecule has 8 nitrogen and oxygen atoms in total. The van der Waals surface area contributed by atoms with Crippen LogP contribution in [0.4, 0.5) is 10.5 Å². The maximum atomic E-state index is 12.9. The molecule has 0 aliphatic carbocycles. The summed E-state index contributed by atoms with van der Waals surface area (Å²) in [5.41, 5.74) is 0.813. The first kappa shape index (κ1) is 23.4. The highest BCUT2D eigenvalue weighted by Gasteiger charge is 2.28. The average Bonchev–Trinajstić information content (AvgIpc) is 2.85. The second kappa shape index (κ2) is 10.0. The van der Waals surface area contributed by atoms with Crippen molar-refractivity contribution in [3.05, 3.63) is 59.1 Å². The number of likely N-dealkylation sites (tertiary alicyclic amines) is 1. The van der Waals surface area contributed by atoms with Gasteiger partial charge in [-0.25, -0.2) is 13.2 Å². The smallest absolute Gasteiger partial charge is 0.320 e. The topological polar surface area (TPSA) is 90.0 Å². The summed E-state index contributed by atoms with van der Waals surface area (Å²) in [6, 6.07) is 12.3. The number of carbonyl (C=O) groups excluding carboxylic acids is 2. The summed E-state index contributed by atoms with van der Waals surface area (Å²) >= 11 is 5.84. The van der Waals surface area contributed by atoms with Gasteiger partial charge < -0.3 is 14.7 Å². The summed E-state index contributed by atoms with van der Waals surface area (Å²) < 4.78 is 27.7. The number of rotatable bonds is 4. The van der Waals surface area contributed by atoms with Crippen molar-refractivity contribution < 1.29 is 18.0 Å². The second-order valence-electron chi connectivity index (χ2n) is 8.25. The molecule has 3 amide bonds. The molecular weight excluding hydrogens is 464 g/mol. The zero-order valence-corrected chi connectivity index (χ0v) is 19.8. The lowest BCUT2D eigenvalue weighted by Gasteiger charge is -2.38. The predicted octanol–water partition coefficient (Wildman–Crippen LogP) is 3.50. The SMILES string of the molecule is O=C(c1ccc(S(=O)(=O)Nc2ccc(Cl)cc2)cc1)N1CCN(C(=O)N2CCCCC2)CC1. The van der Waals surface area contributed by atoms with Crippen molar-refractivity contribution in [1.82, 2.24) is 14.7 Å². The lowest BCUT2D eigenvalue weighted by Crippen LogP contribution is -2.54. The van der Waals surface area contributed by atoms with Gasteiger partial charge in [-0.3, -0.25) is 9.52 Å². The molecule has 4 rings (SSSR count). The van der Waals surface area contributed by atoms with Gasteiger partial charge in [0.25, 0.3) is 15.9 Å². The molecule has 0 saturated carbocycles. The molecule has 0 unspecified atom stereocenters. The Hall–Kier alpha value is -2.78. The summed E-state index contributed by atoms with van der Waals surface area (Å²) in [5, 5.41) is 0.512. The number of anilines is 1. The Labute approximate surface area is 199 Å². The third kappa shape index (κ3) is 5.59. The van der Waals surface area contributed by atoms with Gasteiger partial charge in [0.15, 0.2) is 0 Å². The number of piperazine rings is 1. The van der Waals surface area contributed by atoms with Crippen LogP contribution in [0.3, 0.4) is 0 Å². The van der Waals surface area contributed by atoms with Crippen molar-refractivity contribution in [2.24, 2.45) is 0 Å². The highest BCUT2D eigenvalue weighted by atomic mass is 35.5. The molecule has 2 aromatic rings. The fourth-order valence-electron chi connectivity index (χ4n) is 4.08. The van der Waals surface area contributed by atoms with E-state index in [9.17, 15) is 18.0 Å². The molecule has 1 N–H and O–H groups in total. The Morgan fingerprint density at radius 3 is 1.88 bits per heavy atom. The maximum Gasteiger partial charge on any atom is 0.320 e. The van der Waals surface area contributed by atoms with Gasteiger partial charge in [0.1, 0.15) is 0 Å². The highest BCUT2D eigenvalue weighted by molar-refractivity contribution is 7.92. The van der Waals surface area contributed by atoms with Gasteiger partial charge in [0, 0.05) is 55.5 Å². The Kier molecular flexibility index (Phi) is 7.09. The average molecular weight is 491 g/mol. The molecule has 2 heterocycles. The molecular formula is C23H27ClN4O4S. The molecule has 2 aromatic carbocycles. The summed E-state index contributed by atoms with van der Waals surface area (Å²) in [5.74, 6) is -0.172. The number of nitrogens with zero attached hydrogens (tertiary/aromatic N) is 3. The minimum Gasteiger partial charge on any atom is -0.335 e. The molecule has 2 aliphatic rings. The minimum atomic E-state index is -3.79. The first-order valence-corrected chi connectivity index (χ1v) is 12.9. The number of amides is 3. The van der Waals surface area contributed by atoms with Crippen LogP contribution >= 0.6 is 11.6 Å². The molecule has 10 heteroatoms. The van der Waals surface area contributed by atoms with Crippen LogP contribution < -0.4 is 4.72 Å². The zero-order valence-electron chi connectivity index (χ0n) is 18.2. The van der Waals surface area contributed by atoms with Gasteiger partial charge in [-0.05, 0) is 67.8 Å². The monoisotopic (exact) mass is 490 g/mol. The molecule has 33 heavy (non-hydrogen) atoms. The minimum absolute atomic E-state index is 0.0598. The van der Waals surface area contributed by atoms with E-state index in [1.54, 1.807) is 29.2 Å². The molecule has 0 aromatic heterocycles. The van der Waals surface area contributed by atoms with Gasteiger partial charge in [-0.2, -0.15) is 0 Å². The third-order valence-corrected chi connectivity index (χ3v) is 7.62. The molecule has 0 bridgehead atoms.